The first-order valence-corrected chi connectivity index (χ1v) is 10.8. The fourth-order valence-electron chi connectivity index (χ4n) is 5.48. The minimum atomic E-state index is -0.627. The summed E-state index contributed by atoms with van der Waals surface area (Å²) >= 11 is 0. The molecule has 3 fully saturated rings. The summed E-state index contributed by atoms with van der Waals surface area (Å²) in [5.41, 5.74) is 0.414. The molecule has 1 aromatic rings. The fourth-order valence-corrected chi connectivity index (χ4v) is 5.48. The van der Waals surface area contributed by atoms with Crippen molar-refractivity contribution in [1.29, 1.82) is 0 Å². The quantitative estimate of drug-likeness (QED) is 0.851. The first-order chi connectivity index (χ1) is 13.5. The number of piperidine rings is 1. The van der Waals surface area contributed by atoms with E-state index in [9.17, 15) is 14.7 Å². The highest BCUT2D eigenvalue weighted by molar-refractivity contribution is 5.93. The van der Waals surface area contributed by atoms with Gasteiger partial charge in [-0.2, -0.15) is 5.10 Å². The van der Waals surface area contributed by atoms with Crippen LogP contribution < -0.4 is 0 Å². The van der Waals surface area contributed by atoms with E-state index in [1.165, 1.54) is 0 Å². The Kier molecular flexibility index (Phi) is 5.45. The van der Waals surface area contributed by atoms with Crippen LogP contribution in [0.3, 0.4) is 0 Å². The standard InChI is InChI=1S/C21H32N4O3/c1-23-16(10-13-22-23)6-9-19(27)25-15-3-12-21(25)11-2-14-24(20(21)28)17-4-7-18(26)8-5-17/h10,13,17-18,26H,2-9,11-12,14-15H2,1H3. The Bertz CT molecular complexity index is 725. The average molecular weight is 389 g/mol. The van der Waals surface area contributed by atoms with Crippen molar-refractivity contribution in [2.24, 2.45) is 7.05 Å². The molecule has 2 saturated heterocycles. The molecule has 0 radical (unpaired) electrons. The van der Waals surface area contributed by atoms with Gasteiger partial charge < -0.3 is 14.9 Å². The predicted molar refractivity (Wildman–Crippen MR) is 104 cm³/mol. The summed E-state index contributed by atoms with van der Waals surface area (Å²) in [6.07, 6.45) is 9.33. The Labute approximate surface area is 166 Å². The number of hydrogen-bond donors (Lipinski definition) is 1. The second kappa shape index (κ2) is 7.85. The number of rotatable bonds is 4. The highest BCUT2D eigenvalue weighted by Gasteiger charge is 2.53. The maximum atomic E-state index is 13.6. The van der Waals surface area contributed by atoms with Crippen LogP contribution in [0.25, 0.3) is 0 Å². The molecule has 2 amide bonds. The lowest BCUT2D eigenvalue weighted by Gasteiger charge is -2.48. The molecule has 154 valence electrons. The molecule has 1 aliphatic carbocycles. The van der Waals surface area contributed by atoms with Gasteiger partial charge in [0.15, 0.2) is 0 Å². The topological polar surface area (TPSA) is 78.7 Å². The number of aromatic nitrogens is 2. The van der Waals surface area contributed by atoms with E-state index < -0.39 is 5.54 Å². The third-order valence-electron chi connectivity index (χ3n) is 7.06. The van der Waals surface area contributed by atoms with Crippen LogP contribution in [0.15, 0.2) is 12.3 Å². The number of amides is 2. The zero-order valence-electron chi connectivity index (χ0n) is 16.8. The van der Waals surface area contributed by atoms with E-state index in [4.69, 9.17) is 0 Å². The Morgan fingerprint density at radius 3 is 2.61 bits per heavy atom. The number of aliphatic hydroxyl groups excluding tert-OH is 1. The summed E-state index contributed by atoms with van der Waals surface area (Å²) in [5, 5.41) is 14.0. The number of carbonyl (C=O) groups is 2. The third-order valence-corrected chi connectivity index (χ3v) is 7.06. The van der Waals surface area contributed by atoms with Crippen LogP contribution >= 0.6 is 0 Å². The zero-order valence-corrected chi connectivity index (χ0v) is 16.8. The smallest absolute Gasteiger partial charge is 0.248 e. The number of aryl methyl sites for hydroxylation is 2. The first kappa shape index (κ1) is 19.4. The van der Waals surface area contributed by atoms with Gasteiger partial charge in [0, 0.05) is 44.5 Å². The molecule has 28 heavy (non-hydrogen) atoms. The molecule has 1 unspecified atom stereocenters. The monoisotopic (exact) mass is 388 g/mol. The van der Waals surface area contributed by atoms with E-state index >= 15 is 0 Å². The van der Waals surface area contributed by atoms with Crippen LogP contribution in [0.5, 0.6) is 0 Å². The van der Waals surface area contributed by atoms with Crippen molar-refractivity contribution in [2.45, 2.75) is 81.9 Å². The SMILES string of the molecule is Cn1nccc1CCC(=O)N1CCCC12CCCN(C1CCC(O)CC1)C2=O. The predicted octanol–water partition coefficient (Wildman–Crippen LogP) is 1.64. The maximum absolute atomic E-state index is 13.6. The van der Waals surface area contributed by atoms with Crippen LogP contribution in [0, 0.1) is 0 Å². The van der Waals surface area contributed by atoms with Gasteiger partial charge in [-0.25, -0.2) is 0 Å². The second-order valence-electron chi connectivity index (χ2n) is 8.69. The van der Waals surface area contributed by atoms with Gasteiger partial charge >= 0.3 is 0 Å². The second-order valence-corrected chi connectivity index (χ2v) is 8.69. The normalized spacial score (nSPS) is 31.0. The van der Waals surface area contributed by atoms with E-state index in [1.807, 2.05) is 22.9 Å². The lowest BCUT2D eigenvalue weighted by atomic mass is 9.82. The van der Waals surface area contributed by atoms with Crippen LogP contribution in [0.2, 0.25) is 0 Å². The summed E-state index contributed by atoms with van der Waals surface area (Å²) in [4.78, 5) is 30.6. The van der Waals surface area contributed by atoms with Gasteiger partial charge in [-0.1, -0.05) is 0 Å². The van der Waals surface area contributed by atoms with E-state index in [-0.39, 0.29) is 24.0 Å². The minimum absolute atomic E-state index is 0.0907. The summed E-state index contributed by atoms with van der Waals surface area (Å²) in [5.74, 6) is 0.250. The van der Waals surface area contributed by atoms with E-state index in [0.717, 1.165) is 63.6 Å². The summed E-state index contributed by atoms with van der Waals surface area (Å²) in [6, 6.07) is 2.16. The Morgan fingerprint density at radius 2 is 1.93 bits per heavy atom. The van der Waals surface area contributed by atoms with Gasteiger partial charge in [0.25, 0.3) is 0 Å². The highest BCUT2D eigenvalue weighted by Crippen LogP contribution is 2.40. The molecule has 2 aliphatic heterocycles. The van der Waals surface area contributed by atoms with Gasteiger partial charge in [0.1, 0.15) is 5.54 Å². The van der Waals surface area contributed by atoms with Crippen molar-refractivity contribution < 1.29 is 14.7 Å². The van der Waals surface area contributed by atoms with Gasteiger partial charge in [0.2, 0.25) is 11.8 Å². The summed E-state index contributed by atoms with van der Waals surface area (Å²) < 4.78 is 1.80. The number of hydrogen-bond acceptors (Lipinski definition) is 4. The fraction of sp³-hybridized carbons (Fsp3) is 0.762. The van der Waals surface area contributed by atoms with Crippen molar-refractivity contribution in [2.75, 3.05) is 13.1 Å². The van der Waals surface area contributed by atoms with Crippen molar-refractivity contribution in [3.63, 3.8) is 0 Å². The molecule has 1 N–H and O–H groups in total. The highest BCUT2D eigenvalue weighted by atomic mass is 16.3. The lowest BCUT2D eigenvalue weighted by Crippen LogP contribution is -2.63. The van der Waals surface area contributed by atoms with E-state index in [2.05, 4.69) is 5.10 Å². The van der Waals surface area contributed by atoms with Gasteiger partial charge in [-0.15, -0.1) is 0 Å². The van der Waals surface area contributed by atoms with Gasteiger partial charge in [-0.3, -0.25) is 14.3 Å². The minimum Gasteiger partial charge on any atom is -0.393 e. The van der Waals surface area contributed by atoms with Gasteiger partial charge in [0.05, 0.1) is 6.10 Å². The average Bonchev–Trinajstić information content (AvgIpc) is 3.30. The Balaban J connectivity index is 1.46. The Morgan fingerprint density at radius 1 is 1.21 bits per heavy atom. The van der Waals surface area contributed by atoms with Crippen molar-refractivity contribution in [3.05, 3.63) is 18.0 Å². The molecule has 3 heterocycles. The third kappa shape index (κ3) is 3.45. The molecule has 4 rings (SSSR count). The van der Waals surface area contributed by atoms with Crippen LogP contribution in [0.1, 0.15) is 63.5 Å². The van der Waals surface area contributed by atoms with Crippen LogP contribution in [-0.2, 0) is 23.1 Å². The molecule has 0 bridgehead atoms. The molecule has 0 aromatic carbocycles. The van der Waals surface area contributed by atoms with Crippen molar-refractivity contribution in [3.8, 4) is 0 Å². The number of likely N-dealkylation sites (tertiary alicyclic amines) is 2. The molecular weight excluding hydrogens is 356 g/mol. The molecule has 3 aliphatic rings. The van der Waals surface area contributed by atoms with Crippen molar-refractivity contribution in [1.82, 2.24) is 19.6 Å². The Hall–Kier alpha value is -1.89. The molecular formula is C21H32N4O3. The van der Waals surface area contributed by atoms with Crippen LogP contribution in [-0.4, -0.2) is 67.3 Å². The van der Waals surface area contributed by atoms with Crippen molar-refractivity contribution >= 4 is 11.8 Å². The summed E-state index contributed by atoms with van der Waals surface area (Å²) in [6.45, 7) is 1.48. The number of carbonyl (C=O) groups excluding carboxylic acids is 2. The summed E-state index contributed by atoms with van der Waals surface area (Å²) in [7, 11) is 1.89. The molecule has 1 atom stereocenters. The first-order valence-electron chi connectivity index (χ1n) is 10.8. The molecule has 7 nitrogen and oxygen atoms in total. The van der Waals surface area contributed by atoms with Gasteiger partial charge in [-0.05, 0) is 63.9 Å². The number of aliphatic hydroxyl groups is 1. The van der Waals surface area contributed by atoms with E-state index in [1.54, 1.807) is 10.9 Å². The molecule has 1 saturated carbocycles. The zero-order chi connectivity index (χ0) is 19.7. The number of nitrogens with zero attached hydrogens (tertiary/aromatic N) is 4. The largest absolute Gasteiger partial charge is 0.393 e. The lowest BCUT2D eigenvalue weighted by molar-refractivity contribution is -0.158. The maximum Gasteiger partial charge on any atom is 0.248 e. The molecule has 7 heteroatoms. The molecule has 1 aromatic heterocycles. The van der Waals surface area contributed by atoms with Crippen LogP contribution in [0.4, 0.5) is 0 Å². The molecule has 1 spiro atoms. The van der Waals surface area contributed by atoms with E-state index in [0.29, 0.717) is 19.4 Å².